The molecule has 0 radical (unpaired) electrons. The van der Waals surface area contributed by atoms with Crippen LogP contribution in [0.2, 0.25) is 0 Å². The van der Waals surface area contributed by atoms with Crippen molar-refractivity contribution in [2.45, 2.75) is 0 Å². The predicted molar refractivity (Wildman–Crippen MR) is 71.0 cm³/mol. The molecular weight excluding hydrogens is 354 g/mol. The zero-order valence-corrected chi connectivity index (χ0v) is 12.0. The first-order valence-corrected chi connectivity index (χ1v) is 6.20. The Morgan fingerprint density at radius 2 is 2.05 bits per heavy atom. The molecule has 0 aliphatic carbocycles. The number of benzene rings is 1. The summed E-state index contributed by atoms with van der Waals surface area (Å²) < 4.78 is 32.7. The maximum atomic E-state index is 13.9. The second kappa shape index (κ2) is 5.60. The van der Waals surface area contributed by atoms with E-state index in [2.05, 4.69) is 21.0 Å². The lowest BCUT2D eigenvalue weighted by molar-refractivity contribution is 0.0686. The molecule has 0 unspecified atom stereocenters. The third-order valence-electron chi connectivity index (χ3n) is 2.55. The van der Waals surface area contributed by atoms with Gasteiger partial charge < -0.3 is 9.84 Å². The Kier molecular flexibility index (Phi) is 4.03. The fourth-order valence-corrected chi connectivity index (χ4v) is 1.88. The van der Waals surface area contributed by atoms with E-state index in [-0.39, 0.29) is 15.9 Å². The Morgan fingerprint density at radius 3 is 2.62 bits per heavy atom. The highest BCUT2D eigenvalue weighted by molar-refractivity contribution is 9.10. The molecule has 0 saturated heterocycles. The average Bonchev–Trinajstić information content (AvgIpc) is 2.43. The van der Waals surface area contributed by atoms with E-state index in [1.807, 2.05) is 0 Å². The van der Waals surface area contributed by atoms with Gasteiger partial charge in [0.1, 0.15) is 17.3 Å². The van der Waals surface area contributed by atoms with Gasteiger partial charge in [0.15, 0.2) is 5.75 Å². The maximum absolute atomic E-state index is 13.9. The summed E-state index contributed by atoms with van der Waals surface area (Å²) in [6.07, 6.45) is 0.973. The first-order valence-electron chi connectivity index (χ1n) is 5.41. The number of methoxy groups -OCH3 is 1. The van der Waals surface area contributed by atoms with Crippen molar-refractivity contribution in [2.75, 3.05) is 7.11 Å². The Bertz CT molecular complexity index is 792. The lowest BCUT2D eigenvalue weighted by atomic mass is 10.3. The van der Waals surface area contributed by atoms with Crippen LogP contribution >= 0.6 is 15.9 Å². The SMILES string of the molecule is COc1cn(-c2cc(F)c(Br)cc2F)nc(C(=O)O)c1=O. The van der Waals surface area contributed by atoms with Crippen LogP contribution in [0, 0.1) is 11.6 Å². The van der Waals surface area contributed by atoms with Gasteiger partial charge in [-0.1, -0.05) is 0 Å². The standard InChI is InChI=1S/C12H7BrF2N2O4/c1-21-9-4-17(16-10(11(9)18)12(19)20)8-3-6(14)5(13)2-7(8)15/h2-4H,1H3,(H,19,20). The summed E-state index contributed by atoms with van der Waals surface area (Å²) in [4.78, 5) is 22.6. The van der Waals surface area contributed by atoms with Crippen molar-refractivity contribution < 1.29 is 23.4 Å². The summed E-state index contributed by atoms with van der Waals surface area (Å²) in [6, 6.07) is 1.67. The molecule has 0 aliphatic rings. The Labute approximate surface area is 124 Å². The molecule has 0 aliphatic heterocycles. The van der Waals surface area contributed by atoms with Gasteiger partial charge in [0, 0.05) is 6.07 Å². The van der Waals surface area contributed by atoms with Crippen molar-refractivity contribution in [2.24, 2.45) is 0 Å². The lowest BCUT2D eigenvalue weighted by Gasteiger charge is -2.10. The number of nitrogens with zero attached hydrogens (tertiary/aromatic N) is 2. The molecule has 21 heavy (non-hydrogen) atoms. The molecule has 0 atom stereocenters. The van der Waals surface area contributed by atoms with Crippen molar-refractivity contribution in [3.05, 3.63) is 50.4 Å². The normalized spacial score (nSPS) is 10.5. The van der Waals surface area contributed by atoms with Crippen molar-refractivity contribution in [1.82, 2.24) is 9.78 Å². The third kappa shape index (κ3) is 2.77. The van der Waals surface area contributed by atoms with E-state index in [1.54, 1.807) is 0 Å². The van der Waals surface area contributed by atoms with E-state index >= 15 is 0 Å². The van der Waals surface area contributed by atoms with Gasteiger partial charge in [-0.25, -0.2) is 18.3 Å². The van der Waals surface area contributed by atoms with Crippen molar-refractivity contribution in [1.29, 1.82) is 0 Å². The number of halogens is 3. The molecule has 2 rings (SSSR count). The van der Waals surface area contributed by atoms with E-state index in [0.717, 1.165) is 30.1 Å². The van der Waals surface area contributed by atoms with Crippen molar-refractivity contribution in [3.63, 3.8) is 0 Å². The fraction of sp³-hybridized carbons (Fsp3) is 0.0833. The lowest BCUT2D eigenvalue weighted by Crippen LogP contribution is -2.23. The van der Waals surface area contributed by atoms with E-state index in [9.17, 15) is 18.4 Å². The number of carboxylic acid groups (broad SMARTS) is 1. The number of rotatable bonds is 3. The van der Waals surface area contributed by atoms with E-state index in [4.69, 9.17) is 9.84 Å². The van der Waals surface area contributed by atoms with Crippen LogP contribution in [0.3, 0.4) is 0 Å². The van der Waals surface area contributed by atoms with Gasteiger partial charge in [-0.15, -0.1) is 0 Å². The second-order valence-electron chi connectivity index (χ2n) is 3.84. The second-order valence-corrected chi connectivity index (χ2v) is 4.70. The van der Waals surface area contributed by atoms with Gasteiger partial charge in [-0.3, -0.25) is 4.79 Å². The minimum absolute atomic E-state index is 0.102. The van der Waals surface area contributed by atoms with Gasteiger partial charge in [-0.05, 0) is 22.0 Å². The number of hydrogen-bond acceptors (Lipinski definition) is 4. The highest BCUT2D eigenvalue weighted by Gasteiger charge is 2.19. The summed E-state index contributed by atoms with van der Waals surface area (Å²) in [5, 5.41) is 12.4. The largest absolute Gasteiger partial charge is 0.491 e. The molecule has 1 aromatic heterocycles. The highest BCUT2D eigenvalue weighted by Crippen LogP contribution is 2.22. The van der Waals surface area contributed by atoms with Gasteiger partial charge in [0.2, 0.25) is 5.69 Å². The molecule has 1 heterocycles. The van der Waals surface area contributed by atoms with Gasteiger partial charge in [0.25, 0.3) is 5.43 Å². The van der Waals surface area contributed by atoms with Crippen LogP contribution in [0.25, 0.3) is 5.69 Å². The number of carbonyl (C=O) groups is 1. The van der Waals surface area contributed by atoms with Crippen LogP contribution in [-0.4, -0.2) is 28.0 Å². The number of hydrogen-bond donors (Lipinski definition) is 1. The molecule has 110 valence electrons. The summed E-state index contributed by atoms with van der Waals surface area (Å²) in [6.45, 7) is 0. The Balaban J connectivity index is 2.76. The molecule has 1 aromatic carbocycles. The summed E-state index contributed by atoms with van der Waals surface area (Å²) >= 11 is 2.82. The van der Waals surface area contributed by atoms with Gasteiger partial charge in [0.05, 0.1) is 17.8 Å². The minimum atomic E-state index is -1.61. The Morgan fingerprint density at radius 1 is 1.38 bits per heavy atom. The van der Waals surface area contributed by atoms with Gasteiger partial charge >= 0.3 is 5.97 Å². The first-order chi connectivity index (χ1) is 9.85. The molecule has 0 bridgehead atoms. The number of carboxylic acids is 1. The van der Waals surface area contributed by atoms with Crippen LogP contribution in [0.4, 0.5) is 8.78 Å². The predicted octanol–water partition coefficient (Wildman–Crippen LogP) is 1.98. The minimum Gasteiger partial charge on any atom is -0.491 e. The van der Waals surface area contributed by atoms with E-state index < -0.39 is 28.7 Å². The quantitative estimate of drug-likeness (QED) is 0.846. The van der Waals surface area contributed by atoms with Crippen LogP contribution in [0.1, 0.15) is 10.5 Å². The number of aromatic nitrogens is 2. The molecule has 0 saturated carbocycles. The molecule has 0 amide bonds. The number of ether oxygens (including phenoxy) is 1. The summed E-state index contributed by atoms with van der Waals surface area (Å²) in [5.74, 6) is -3.60. The molecule has 0 fully saturated rings. The van der Waals surface area contributed by atoms with Crippen molar-refractivity contribution >= 4 is 21.9 Å². The van der Waals surface area contributed by atoms with Crippen LogP contribution in [0.15, 0.2) is 27.6 Å². The number of aromatic carboxylic acids is 1. The van der Waals surface area contributed by atoms with Crippen LogP contribution < -0.4 is 10.2 Å². The van der Waals surface area contributed by atoms with E-state index in [1.165, 1.54) is 0 Å². The molecule has 6 nitrogen and oxygen atoms in total. The van der Waals surface area contributed by atoms with Crippen LogP contribution in [-0.2, 0) is 0 Å². The first kappa shape index (κ1) is 15.1. The molecule has 9 heteroatoms. The molecule has 1 N–H and O–H groups in total. The topological polar surface area (TPSA) is 81.4 Å². The fourth-order valence-electron chi connectivity index (χ4n) is 1.56. The van der Waals surface area contributed by atoms with Crippen molar-refractivity contribution in [3.8, 4) is 11.4 Å². The highest BCUT2D eigenvalue weighted by atomic mass is 79.9. The summed E-state index contributed by atoms with van der Waals surface area (Å²) in [5.41, 5.74) is -2.19. The molecule has 2 aromatic rings. The molecular formula is C12H7BrF2N2O4. The smallest absolute Gasteiger partial charge is 0.360 e. The van der Waals surface area contributed by atoms with Crippen LogP contribution in [0.5, 0.6) is 5.75 Å². The zero-order valence-electron chi connectivity index (χ0n) is 10.4. The Hall–Kier alpha value is -2.29. The van der Waals surface area contributed by atoms with E-state index in [0.29, 0.717) is 0 Å². The monoisotopic (exact) mass is 360 g/mol. The summed E-state index contributed by atoms with van der Waals surface area (Å²) in [7, 11) is 1.14. The zero-order chi connectivity index (χ0) is 15.7. The van der Waals surface area contributed by atoms with Gasteiger partial charge in [-0.2, -0.15) is 5.10 Å². The average molecular weight is 361 g/mol. The maximum Gasteiger partial charge on any atom is 0.360 e. The molecule has 0 spiro atoms. The third-order valence-corrected chi connectivity index (χ3v) is 3.15.